The zero-order valence-electron chi connectivity index (χ0n) is 25.2. The van der Waals surface area contributed by atoms with Crippen LogP contribution < -0.4 is 25.4 Å². The van der Waals surface area contributed by atoms with Crippen molar-refractivity contribution in [3.8, 4) is 23.0 Å². The van der Waals surface area contributed by atoms with E-state index in [1.165, 1.54) is 6.07 Å². The van der Waals surface area contributed by atoms with Gasteiger partial charge >= 0.3 is 0 Å². The minimum Gasteiger partial charge on any atom is -0.476 e. The third kappa shape index (κ3) is 4.82. The summed E-state index contributed by atoms with van der Waals surface area (Å²) in [5.41, 5.74) is 3.52. The van der Waals surface area contributed by atoms with Crippen LogP contribution in [0.15, 0.2) is 12.1 Å². The van der Waals surface area contributed by atoms with Gasteiger partial charge in [-0.1, -0.05) is 0 Å². The summed E-state index contributed by atoms with van der Waals surface area (Å²) >= 11 is 0. The highest BCUT2D eigenvalue weighted by Gasteiger charge is 2.47. The Kier molecular flexibility index (Phi) is 7.37. The zero-order valence-corrected chi connectivity index (χ0v) is 25.2. The van der Waals surface area contributed by atoms with Crippen LogP contribution in [0.2, 0.25) is 0 Å². The van der Waals surface area contributed by atoms with Crippen molar-refractivity contribution >= 4 is 22.3 Å². The lowest BCUT2D eigenvalue weighted by molar-refractivity contribution is -0.00980. The smallest absolute Gasteiger partial charge is 0.242 e. The van der Waals surface area contributed by atoms with Crippen LogP contribution in [0.25, 0.3) is 22.0 Å². The molecule has 2 aromatic heterocycles. The first-order valence-corrected chi connectivity index (χ1v) is 15.9. The monoisotopic (exact) mass is 646 g/mol. The highest BCUT2D eigenvalue weighted by Crippen LogP contribution is 2.46. The van der Waals surface area contributed by atoms with Crippen molar-refractivity contribution < 1.29 is 36.2 Å². The van der Waals surface area contributed by atoms with Crippen LogP contribution >= 0.6 is 0 Å². The number of ether oxygens (including phenoxy) is 3. The minimum atomic E-state index is -3.03. The van der Waals surface area contributed by atoms with E-state index in [1.54, 1.807) is 0 Å². The van der Waals surface area contributed by atoms with Crippen molar-refractivity contribution in [1.82, 2.24) is 20.2 Å². The number of hydrogen-bond acceptors (Lipinski definition) is 9. The van der Waals surface area contributed by atoms with E-state index >= 15 is 8.78 Å². The van der Waals surface area contributed by atoms with Crippen LogP contribution in [-0.4, -0.2) is 90.5 Å². The van der Waals surface area contributed by atoms with Gasteiger partial charge in [-0.15, -0.1) is 0 Å². The number of hydrogen-bond donors (Lipinski definition) is 2. The molecule has 0 spiro atoms. The molecule has 246 valence electrons. The van der Waals surface area contributed by atoms with Crippen LogP contribution in [0.5, 0.6) is 11.8 Å². The number of fused-ring (bicyclic) bond motifs is 6. The van der Waals surface area contributed by atoms with Crippen LogP contribution in [-0.2, 0) is 11.2 Å². The van der Waals surface area contributed by atoms with E-state index < -0.39 is 53.3 Å². The van der Waals surface area contributed by atoms with E-state index in [-0.39, 0.29) is 46.9 Å². The molecule has 8 rings (SSSR count). The molecule has 2 bridgehead atoms. The van der Waals surface area contributed by atoms with Gasteiger partial charge in [0.2, 0.25) is 18.2 Å². The molecule has 5 aliphatic rings. The van der Waals surface area contributed by atoms with Gasteiger partial charge in [0, 0.05) is 66.3 Å². The summed E-state index contributed by atoms with van der Waals surface area (Å²) in [5, 5.41) is 3.99. The average Bonchev–Trinajstić information content (AvgIpc) is 3.60. The maximum absolute atomic E-state index is 16.8. The molecule has 1 aromatic carbocycles. The molecule has 5 aliphatic heterocycles. The number of aromatic nitrogens is 2. The maximum Gasteiger partial charge on any atom is 0.242 e. The van der Waals surface area contributed by atoms with Gasteiger partial charge in [-0.2, -0.15) is 4.98 Å². The highest BCUT2D eigenvalue weighted by molar-refractivity contribution is 6.00. The number of rotatable bonds is 6. The number of nitrogens with two attached hydrogens (primary N) is 1. The van der Waals surface area contributed by atoms with Crippen LogP contribution in [0, 0.1) is 17.5 Å². The topological polar surface area (TPSA) is 98.0 Å². The highest BCUT2D eigenvalue weighted by atomic mass is 19.3. The zero-order chi connectivity index (χ0) is 31.9. The quantitative estimate of drug-likeness (QED) is 0.298. The standard InChI is InChI=1S/C32H35F5N6O3/c1-14-30-22-5-2-15(39-22)11-43(30)31-25-20(10-24(40-31)45-13-17-4-3-16-12-44-7-6-42(16)17)27(36)29(41-32(25)46-14)19-8-21(38)28(37)26(35)18(19)9-23(33)34/h8,10,14-17,22-23,30,39H,2-7,9,11-13,38H2,1H3/t14-,15+,16?,17-,22-,30+/m0/s1. The van der Waals surface area contributed by atoms with Gasteiger partial charge in [-0.3, -0.25) is 4.90 Å². The van der Waals surface area contributed by atoms with E-state index in [0.29, 0.717) is 43.6 Å². The van der Waals surface area contributed by atoms with Gasteiger partial charge in [-0.05, 0) is 38.7 Å². The first-order valence-electron chi connectivity index (χ1n) is 15.9. The number of benzene rings is 1. The molecule has 3 N–H and O–H groups in total. The third-order valence-electron chi connectivity index (χ3n) is 10.3. The molecule has 3 aromatic rings. The summed E-state index contributed by atoms with van der Waals surface area (Å²) in [7, 11) is 0. The number of pyridine rings is 2. The molecular formula is C32H35F5N6O3. The van der Waals surface area contributed by atoms with Gasteiger partial charge in [-0.25, -0.2) is 26.9 Å². The number of halogens is 5. The maximum atomic E-state index is 16.8. The fourth-order valence-corrected chi connectivity index (χ4v) is 8.22. The Hall–Kier alpha value is -3.49. The molecule has 0 aliphatic carbocycles. The van der Waals surface area contributed by atoms with Gasteiger partial charge in [0.05, 0.1) is 30.3 Å². The number of nitrogen functional groups attached to an aromatic ring is 1. The Morgan fingerprint density at radius 1 is 1.09 bits per heavy atom. The van der Waals surface area contributed by atoms with Crippen molar-refractivity contribution in [3.05, 3.63) is 35.1 Å². The van der Waals surface area contributed by atoms with Crippen molar-refractivity contribution in [2.45, 2.75) is 81.8 Å². The van der Waals surface area contributed by atoms with E-state index in [0.717, 1.165) is 38.3 Å². The number of morpholine rings is 1. The van der Waals surface area contributed by atoms with Crippen LogP contribution in [0.4, 0.5) is 33.5 Å². The van der Waals surface area contributed by atoms with Crippen molar-refractivity contribution in [3.63, 3.8) is 0 Å². The lowest BCUT2D eigenvalue weighted by Gasteiger charge is -2.42. The summed E-state index contributed by atoms with van der Waals surface area (Å²) in [4.78, 5) is 13.9. The minimum absolute atomic E-state index is 0.0245. The van der Waals surface area contributed by atoms with Gasteiger partial charge in [0.25, 0.3) is 0 Å². The molecule has 0 amide bonds. The fraction of sp³-hybridized carbons (Fsp3) is 0.562. The predicted molar refractivity (Wildman–Crippen MR) is 160 cm³/mol. The lowest BCUT2D eigenvalue weighted by atomic mass is 9.97. The summed E-state index contributed by atoms with van der Waals surface area (Å²) in [6.07, 6.45) is -0.791. The van der Waals surface area contributed by atoms with E-state index in [2.05, 4.69) is 20.1 Å². The molecule has 0 radical (unpaired) electrons. The number of piperazine rings is 1. The Morgan fingerprint density at radius 2 is 1.93 bits per heavy atom. The summed E-state index contributed by atoms with van der Waals surface area (Å²) < 4.78 is 92.0. The molecule has 9 nitrogen and oxygen atoms in total. The van der Waals surface area contributed by atoms with Gasteiger partial charge in [0.15, 0.2) is 17.5 Å². The van der Waals surface area contributed by atoms with Crippen molar-refractivity contribution in [2.75, 3.05) is 43.5 Å². The van der Waals surface area contributed by atoms with Crippen LogP contribution in [0.3, 0.4) is 0 Å². The first-order chi connectivity index (χ1) is 22.2. The molecule has 4 saturated heterocycles. The normalized spacial score (nSPS) is 28.7. The van der Waals surface area contributed by atoms with Gasteiger partial charge < -0.3 is 30.2 Å². The van der Waals surface area contributed by atoms with E-state index in [9.17, 15) is 13.2 Å². The van der Waals surface area contributed by atoms with Crippen molar-refractivity contribution in [2.24, 2.45) is 0 Å². The number of nitrogens with one attached hydrogen (secondary N) is 1. The molecule has 1 unspecified atom stereocenters. The summed E-state index contributed by atoms with van der Waals surface area (Å²) in [5.74, 6) is -3.28. The average molecular weight is 647 g/mol. The van der Waals surface area contributed by atoms with Crippen LogP contribution in [0.1, 0.15) is 38.2 Å². The molecule has 7 heterocycles. The predicted octanol–water partition coefficient (Wildman–Crippen LogP) is 4.44. The molecular weight excluding hydrogens is 611 g/mol. The number of alkyl halides is 2. The number of anilines is 2. The Labute approximate surface area is 262 Å². The molecule has 46 heavy (non-hydrogen) atoms. The Balaban J connectivity index is 1.28. The second-order valence-corrected chi connectivity index (χ2v) is 13.0. The fourth-order valence-electron chi connectivity index (χ4n) is 8.22. The molecule has 14 heteroatoms. The molecule has 0 saturated carbocycles. The van der Waals surface area contributed by atoms with E-state index in [4.69, 9.17) is 24.9 Å². The van der Waals surface area contributed by atoms with E-state index in [1.807, 2.05) is 6.92 Å². The molecule has 4 fully saturated rings. The summed E-state index contributed by atoms with van der Waals surface area (Å²) in [6.45, 7) is 4.99. The first kappa shape index (κ1) is 29.9. The number of nitrogens with zero attached hydrogens (tertiary/aromatic N) is 4. The third-order valence-corrected chi connectivity index (χ3v) is 10.3. The lowest BCUT2D eigenvalue weighted by Crippen LogP contribution is -2.62. The Morgan fingerprint density at radius 3 is 2.76 bits per heavy atom. The second-order valence-electron chi connectivity index (χ2n) is 13.0. The SMILES string of the molecule is C[C@@H]1Oc2nc(-c3cc(N)c(F)c(F)c3CC(F)F)c(F)c3cc(OC[C@@H]4CCC5COCCN54)nc(c23)N2C[C@H]3CC[C@H](N3)[C@@H]12. The molecule has 6 atom stereocenters. The Bertz CT molecular complexity index is 1700. The van der Waals surface area contributed by atoms with Gasteiger partial charge in [0.1, 0.15) is 24.2 Å². The van der Waals surface area contributed by atoms with Crippen molar-refractivity contribution in [1.29, 1.82) is 0 Å². The largest absolute Gasteiger partial charge is 0.476 e. The summed E-state index contributed by atoms with van der Waals surface area (Å²) in [6, 6.07) is 3.03. The second kappa shape index (κ2) is 11.3.